The summed E-state index contributed by atoms with van der Waals surface area (Å²) in [6.45, 7) is 4.50. The van der Waals surface area contributed by atoms with E-state index in [1.54, 1.807) is 0 Å². The van der Waals surface area contributed by atoms with Gasteiger partial charge >= 0.3 is 0 Å². The molecule has 0 aromatic carbocycles. The van der Waals surface area contributed by atoms with Crippen LogP contribution < -0.4 is 5.14 Å². The molecule has 0 aliphatic rings. The normalized spacial score (nSPS) is 13.2. The maximum Gasteiger partial charge on any atom is 0.272 e. The van der Waals surface area contributed by atoms with E-state index in [4.69, 9.17) is 0 Å². The van der Waals surface area contributed by atoms with Crippen molar-refractivity contribution < 1.29 is 13.2 Å². The second-order valence-electron chi connectivity index (χ2n) is 3.08. The van der Waals surface area contributed by atoms with Crippen molar-refractivity contribution in [3.63, 3.8) is 0 Å². The van der Waals surface area contributed by atoms with Crippen molar-refractivity contribution in [2.24, 2.45) is 10.6 Å². The minimum Gasteiger partial charge on any atom is -0.280 e. The topological polar surface area (TPSA) is 77.2 Å². The summed E-state index contributed by atoms with van der Waals surface area (Å²) < 4.78 is 20.8. The van der Waals surface area contributed by atoms with Crippen LogP contribution in [0.25, 0.3) is 0 Å². The molecule has 0 bridgehead atoms. The molecule has 0 atom stereocenters. The van der Waals surface area contributed by atoms with Gasteiger partial charge in [-0.1, -0.05) is 20.8 Å². The van der Waals surface area contributed by atoms with Gasteiger partial charge in [0.05, 0.1) is 0 Å². The zero-order valence-corrected chi connectivity index (χ0v) is 7.03. The first-order valence-corrected chi connectivity index (χ1v) is 4.27. The Morgan fingerprint density at radius 3 is 1.60 bits per heavy atom. The van der Waals surface area contributed by atoms with E-state index in [0.717, 1.165) is 0 Å². The van der Waals surface area contributed by atoms with Gasteiger partial charge < -0.3 is 0 Å². The molecule has 0 radical (unpaired) electrons. The minimum atomic E-state index is -4.00. The fourth-order valence-electron chi connectivity index (χ4n) is 0.427. The third kappa shape index (κ3) is 2.45. The lowest BCUT2D eigenvalue weighted by Gasteiger charge is -2.13. The number of carbonyl (C=O) groups excluding carboxylic acids is 1. The highest BCUT2D eigenvalue weighted by molar-refractivity contribution is 8.04. The lowest BCUT2D eigenvalue weighted by molar-refractivity contribution is -0.118. The average molecular weight is 165 g/mol. The minimum absolute atomic E-state index is 0.909. The Labute approximate surface area is 60.5 Å². The molecule has 4 nitrogen and oxygen atoms in total. The molecule has 0 aliphatic carbocycles. The van der Waals surface area contributed by atoms with Crippen LogP contribution in [0.15, 0.2) is 0 Å². The van der Waals surface area contributed by atoms with Crippen LogP contribution in [0.3, 0.4) is 0 Å². The van der Waals surface area contributed by atoms with Crippen molar-refractivity contribution in [2.45, 2.75) is 20.8 Å². The van der Waals surface area contributed by atoms with E-state index in [1.165, 1.54) is 20.8 Å². The van der Waals surface area contributed by atoms with Crippen LogP contribution in [0.1, 0.15) is 20.8 Å². The Balaban J connectivity index is 4.75. The highest BCUT2D eigenvalue weighted by Gasteiger charge is 2.30. The summed E-state index contributed by atoms with van der Waals surface area (Å²) in [6.07, 6.45) is 0. The van der Waals surface area contributed by atoms with Crippen molar-refractivity contribution in [1.29, 1.82) is 0 Å². The highest BCUT2D eigenvalue weighted by atomic mass is 32.2. The monoisotopic (exact) mass is 165 g/mol. The molecule has 5 heteroatoms. The molecule has 0 aromatic heterocycles. The van der Waals surface area contributed by atoms with Gasteiger partial charge in [-0.05, 0) is 0 Å². The Bertz CT molecular complexity index is 234. The number of nitrogens with two attached hydrogens (primary N) is 1. The third-order valence-electron chi connectivity index (χ3n) is 0.871. The van der Waals surface area contributed by atoms with Crippen molar-refractivity contribution >= 4 is 15.1 Å². The first-order chi connectivity index (χ1) is 4.15. The van der Waals surface area contributed by atoms with Gasteiger partial charge in [-0.2, -0.15) is 0 Å². The molecule has 0 spiro atoms. The van der Waals surface area contributed by atoms with E-state index in [9.17, 15) is 13.2 Å². The summed E-state index contributed by atoms with van der Waals surface area (Å²) >= 11 is 0. The summed E-state index contributed by atoms with van der Waals surface area (Å²) in [5.41, 5.74) is -0.909. The molecule has 0 heterocycles. The van der Waals surface area contributed by atoms with E-state index >= 15 is 0 Å². The van der Waals surface area contributed by atoms with Crippen LogP contribution in [-0.4, -0.2) is 13.5 Å². The van der Waals surface area contributed by atoms with Crippen LogP contribution in [-0.2, 0) is 14.8 Å². The van der Waals surface area contributed by atoms with E-state index in [0.29, 0.717) is 0 Å². The summed E-state index contributed by atoms with van der Waals surface area (Å²) in [6, 6.07) is 0. The van der Waals surface area contributed by atoms with Crippen LogP contribution in [0.4, 0.5) is 0 Å². The fourth-order valence-corrected chi connectivity index (χ4v) is 1.28. The van der Waals surface area contributed by atoms with E-state index in [1.807, 2.05) is 0 Å². The zero-order chi connectivity index (χ0) is 8.58. The number of primary sulfonamides is 1. The van der Waals surface area contributed by atoms with Gasteiger partial charge in [-0.25, -0.2) is 13.6 Å². The average Bonchev–Trinajstić information content (AvgIpc) is 1.59. The van der Waals surface area contributed by atoms with E-state index < -0.39 is 20.6 Å². The standard InChI is InChI=1S/C5H11NO3S/c1-5(2,3)4(7)10(6,8)9/h1-3H3,(H2,6,8,9). The predicted octanol–water partition coefficient (Wildman–Crippen LogP) is -0.152. The Kier molecular flexibility index (Phi) is 2.22. The molecule has 0 saturated heterocycles. The quantitative estimate of drug-likeness (QED) is 0.542. The molecule has 0 saturated carbocycles. The van der Waals surface area contributed by atoms with E-state index in [2.05, 4.69) is 5.14 Å². The molecule has 0 aromatic rings. The Morgan fingerprint density at radius 2 is 1.60 bits per heavy atom. The molecule has 0 fully saturated rings. The van der Waals surface area contributed by atoms with Gasteiger partial charge in [0.15, 0.2) is 0 Å². The molecule has 10 heavy (non-hydrogen) atoms. The molecule has 2 N–H and O–H groups in total. The molecular weight excluding hydrogens is 154 g/mol. The van der Waals surface area contributed by atoms with Crippen molar-refractivity contribution in [3.05, 3.63) is 0 Å². The second-order valence-corrected chi connectivity index (χ2v) is 4.54. The first-order valence-electron chi connectivity index (χ1n) is 2.73. The number of hydrogen-bond acceptors (Lipinski definition) is 3. The number of rotatable bonds is 0. The smallest absolute Gasteiger partial charge is 0.272 e. The Morgan fingerprint density at radius 1 is 1.30 bits per heavy atom. The maximum absolute atomic E-state index is 10.8. The van der Waals surface area contributed by atoms with Crippen LogP contribution in [0, 0.1) is 5.41 Å². The van der Waals surface area contributed by atoms with Crippen molar-refractivity contribution in [1.82, 2.24) is 0 Å². The van der Waals surface area contributed by atoms with Gasteiger partial charge in [0.1, 0.15) is 0 Å². The summed E-state index contributed by atoms with van der Waals surface area (Å²) in [4.78, 5) is 10.8. The number of sulfonamides is 1. The predicted molar refractivity (Wildman–Crippen MR) is 37.6 cm³/mol. The summed E-state index contributed by atoms with van der Waals surface area (Å²) in [7, 11) is -4.00. The van der Waals surface area contributed by atoms with Crippen molar-refractivity contribution in [3.8, 4) is 0 Å². The zero-order valence-electron chi connectivity index (χ0n) is 6.21. The Hall–Kier alpha value is -0.420. The van der Waals surface area contributed by atoms with Crippen LogP contribution in [0.2, 0.25) is 0 Å². The molecule has 0 rings (SSSR count). The largest absolute Gasteiger partial charge is 0.280 e. The maximum atomic E-state index is 10.8. The van der Waals surface area contributed by atoms with Crippen molar-refractivity contribution in [2.75, 3.05) is 0 Å². The summed E-state index contributed by atoms with van der Waals surface area (Å²) in [5, 5.41) is 3.66. The number of hydrogen-bond donors (Lipinski definition) is 1. The molecule has 0 unspecified atom stereocenters. The second kappa shape index (κ2) is 2.32. The van der Waals surface area contributed by atoms with Gasteiger partial charge in [-0.15, -0.1) is 0 Å². The lowest BCUT2D eigenvalue weighted by Crippen LogP contribution is -2.33. The van der Waals surface area contributed by atoms with Crippen LogP contribution in [0.5, 0.6) is 0 Å². The van der Waals surface area contributed by atoms with Crippen LogP contribution >= 0.6 is 0 Å². The van der Waals surface area contributed by atoms with Gasteiger partial charge in [-0.3, -0.25) is 4.79 Å². The summed E-state index contributed by atoms with van der Waals surface area (Å²) in [5.74, 6) is 0. The molecule has 0 aliphatic heterocycles. The molecular formula is C5H11NO3S. The highest BCUT2D eigenvalue weighted by Crippen LogP contribution is 2.16. The molecule has 60 valence electrons. The SMILES string of the molecule is CC(C)(C)C(=O)S(N)(=O)=O. The fraction of sp³-hybridized carbons (Fsp3) is 0.800. The van der Waals surface area contributed by atoms with Gasteiger partial charge in [0.25, 0.3) is 15.1 Å². The lowest BCUT2D eigenvalue weighted by atomic mass is 10.00. The molecule has 0 amide bonds. The van der Waals surface area contributed by atoms with E-state index in [-0.39, 0.29) is 0 Å². The third-order valence-corrected chi connectivity index (χ3v) is 2.00. The first kappa shape index (κ1) is 9.58. The van der Waals surface area contributed by atoms with Gasteiger partial charge in [0, 0.05) is 5.41 Å². The van der Waals surface area contributed by atoms with Gasteiger partial charge in [0.2, 0.25) is 0 Å². The number of carbonyl (C=O) groups is 1.